The first kappa shape index (κ1) is 30.2. The number of aromatic nitrogens is 3. The molecule has 0 bridgehead atoms. The highest BCUT2D eigenvalue weighted by molar-refractivity contribution is 7.21. The maximum Gasteiger partial charge on any atom is 0.161 e. The number of benzene rings is 7. The van der Waals surface area contributed by atoms with E-state index in [0.29, 0.717) is 5.82 Å². The van der Waals surface area contributed by atoms with Crippen LogP contribution in [0.25, 0.3) is 98.9 Å². The highest BCUT2D eigenvalue weighted by atomic mass is 32.1. The van der Waals surface area contributed by atoms with Crippen LogP contribution < -0.4 is 0 Å². The zero-order chi connectivity index (χ0) is 34.4. The van der Waals surface area contributed by atoms with E-state index < -0.39 is 0 Å². The third-order valence-corrected chi connectivity index (χ3v) is 10.6. The first-order valence-electron chi connectivity index (χ1n) is 17.3. The van der Waals surface area contributed by atoms with Crippen LogP contribution in [0.1, 0.15) is 0 Å². The van der Waals surface area contributed by atoms with E-state index in [1.54, 1.807) is 11.3 Å². The Balaban J connectivity index is 1.15. The summed E-state index contributed by atoms with van der Waals surface area (Å²) in [6.07, 6.45) is 0. The van der Waals surface area contributed by atoms with E-state index in [1.807, 2.05) is 36.4 Å². The van der Waals surface area contributed by atoms with Crippen molar-refractivity contribution in [1.82, 2.24) is 15.0 Å². The summed E-state index contributed by atoms with van der Waals surface area (Å²) in [4.78, 5) is 15.5. The molecule has 0 N–H and O–H groups in total. The minimum absolute atomic E-state index is 0.642. The van der Waals surface area contributed by atoms with Crippen molar-refractivity contribution in [2.24, 2.45) is 0 Å². The van der Waals surface area contributed by atoms with E-state index in [0.717, 1.165) is 82.8 Å². The fourth-order valence-electron chi connectivity index (χ4n) is 6.96. The number of nitrogens with zero attached hydrogens (tertiary/aromatic N) is 3. The lowest BCUT2D eigenvalue weighted by Gasteiger charge is -2.12. The van der Waals surface area contributed by atoms with Crippen molar-refractivity contribution in [3.05, 3.63) is 176 Å². The van der Waals surface area contributed by atoms with Gasteiger partial charge in [-0.05, 0) is 70.8 Å². The highest BCUT2D eigenvalue weighted by Gasteiger charge is 2.19. The van der Waals surface area contributed by atoms with Gasteiger partial charge in [0, 0.05) is 33.0 Å². The maximum absolute atomic E-state index is 6.44. The summed E-state index contributed by atoms with van der Waals surface area (Å²) in [5.41, 5.74) is 13.0. The van der Waals surface area contributed by atoms with Crippen molar-refractivity contribution < 1.29 is 4.42 Å². The van der Waals surface area contributed by atoms with Crippen LogP contribution >= 0.6 is 11.3 Å². The SMILES string of the molecule is c1ccc(-c2ccc(-c3cc(-c4cccc(-c5ccccc5)c4)nc(-c4cccc5oc6ccc(-c7nc8ccccc8s7)cc6c45)n3)cc2)cc1. The van der Waals surface area contributed by atoms with E-state index in [4.69, 9.17) is 19.4 Å². The van der Waals surface area contributed by atoms with Crippen LogP contribution in [0.2, 0.25) is 0 Å². The zero-order valence-corrected chi connectivity index (χ0v) is 28.7. The van der Waals surface area contributed by atoms with E-state index in [-0.39, 0.29) is 0 Å². The second-order valence-corrected chi connectivity index (χ2v) is 13.9. The predicted octanol–water partition coefficient (Wildman–Crippen LogP) is 13.0. The molecule has 0 aliphatic heterocycles. The monoisotopic (exact) mass is 683 g/mol. The minimum Gasteiger partial charge on any atom is -0.456 e. The van der Waals surface area contributed by atoms with Gasteiger partial charge in [-0.2, -0.15) is 0 Å². The predicted molar refractivity (Wildman–Crippen MR) is 215 cm³/mol. The molecule has 3 heterocycles. The van der Waals surface area contributed by atoms with Crippen LogP contribution in [-0.4, -0.2) is 15.0 Å². The Kier molecular flexibility index (Phi) is 7.29. The van der Waals surface area contributed by atoms with Crippen LogP contribution in [0.5, 0.6) is 0 Å². The summed E-state index contributed by atoms with van der Waals surface area (Å²) in [5, 5.41) is 2.98. The summed E-state index contributed by atoms with van der Waals surface area (Å²) in [7, 11) is 0. The summed E-state index contributed by atoms with van der Waals surface area (Å²) in [6.45, 7) is 0. The molecule has 0 saturated carbocycles. The molecule has 4 nitrogen and oxygen atoms in total. The number of rotatable bonds is 6. The summed E-state index contributed by atoms with van der Waals surface area (Å²) in [5.74, 6) is 0.642. The molecule has 3 aromatic heterocycles. The van der Waals surface area contributed by atoms with Crippen molar-refractivity contribution in [3.8, 4) is 66.7 Å². The molecule has 0 amide bonds. The molecule has 0 saturated heterocycles. The minimum atomic E-state index is 0.642. The molecule has 0 aliphatic rings. The molecule has 5 heteroatoms. The van der Waals surface area contributed by atoms with Crippen molar-refractivity contribution in [2.75, 3.05) is 0 Å². The Morgan fingerprint density at radius 3 is 1.81 bits per heavy atom. The summed E-state index contributed by atoms with van der Waals surface area (Å²) in [6, 6.07) is 60.9. The average molecular weight is 684 g/mol. The number of thiazole rings is 1. The lowest BCUT2D eigenvalue weighted by molar-refractivity contribution is 0.669. The van der Waals surface area contributed by atoms with Gasteiger partial charge in [-0.15, -0.1) is 11.3 Å². The van der Waals surface area contributed by atoms with Crippen molar-refractivity contribution in [2.45, 2.75) is 0 Å². The second kappa shape index (κ2) is 12.6. The molecule has 0 spiro atoms. The molecule has 0 unspecified atom stereocenters. The van der Waals surface area contributed by atoms with Gasteiger partial charge in [0.2, 0.25) is 0 Å². The smallest absolute Gasteiger partial charge is 0.161 e. The molecular formula is C47H29N3OS. The van der Waals surface area contributed by atoms with Crippen LogP contribution in [0.4, 0.5) is 0 Å². The molecule has 0 aliphatic carbocycles. The maximum atomic E-state index is 6.44. The molecule has 244 valence electrons. The molecule has 0 radical (unpaired) electrons. The second-order valence-electron chi connectivity index (χ2n) is 12.8. The van der Waals surface area contributed by atoms with Gasteiger partial charge in [-0.25, -0.2) is 15.0 Å². The number of fused-ring (bicyclic) bond motifs is 4. The molecule has 10 aromatic rings. The van der Waals surface area contributed by atoms with Gasteiger partial charge < -0.3 is 4.42 Å². The fraction of sp³-hybridized carbons (Fsp3) is 0. The normalized spacial score (nSPS) is 11.5. The number of para-hydroxylation sites is 1. The van der Waals surface area contributed by atoms with Crippen LogP contribution in [0.3, 0.4) is 0 Å². The van der Waals surface area contributed by atoms with Crippen LogP contribution in [0.15, 0.2) is 180 Å². The summed E-state index contributed by atoms with van der Waals surface area (Å²) < 4.78 is 7.61. The van der Waals surface area contributed by atoms with Crippen molar-refractivity contribution >= 4 is 43.5 Å². The first-order chi connectivity index (χ1) is 25.7. The van der Waals surface area contributed by atoms with E-state index in [1.165, 1.54) is 10.3 Å². The van der Waals surface area contributed by atoms with Gasteiger partial charge in [0.25, 0.3) is 0 Å². The van der Waals surface area contributed by atoms with E-state index >= 15 is 0 Å². The van der Waals surface area contributed by atoms with Gasteiger partial charge in [0.15, 0.2) is 5.82 Å². The van der Waals surface area contributed by atoms with Crippen LogP contribution in [-0.2, 0) is 0 Å². The first-order valence-corrected chi connectivity index (χ1v) is 18.1. The van der Waals surface area contributed by atoms with Gasteiger partial charge in [0.1, 0.15) is 16.2 Å². The third-order valence-electron chi connectivity index (χ3n) is 9.56. The van der Waals surface area contributed by atoms with Crippen molar-refractivity contribution in [3.63, 3.8) is 0 Å². The molecule has 10 rings (SSSR count). The molecular weight excluding hydrogens is 655 g/mol. The Labute approximate surface area is 304 Å². The van der Waals surface area contributed by atoms with Gasteiger partial charge in [0.05, 0.1) is 21.6 Å². The highest BCUT2D eigenvalue weighted by Crippen LogP contribution is 2.40. The van der Waals surface area contributed by atoms with E-state index in [2.05, 4.69) is 140 Å². The van der Waals surface area contributed by atoms with Gasteiger partial charge >= 0.3 is 0 Å². The Morgan fingerprint density at radius 1 is 0.404 bits per heavy atom. The van der Waals surface area contributed by atoms with Gasteiger partial charge in [-0.3, -0.25) is 0 Å². The standard InChI is InChI=1S/C47H29N3OS/c1-3-11-30(12-4-1)32-21-23-33(24-22-32)40-29-41(35-16-9-15-34(27-35)31-13-5-2-6-14-31)49-46(48-40)37-17-10-19-43-45(37)38-28-36(25-26-42(38)51-43)47-50-39-18-7-8-20-44(39)52-47/h1-29H. The molecule has 0 fully saturated rings. The fourth-order valence-corrected chi connectivity index (χ4v) is 7.92. The Morgan fingerprint density at radius 2 is 1.02 bits per heavy atom. The lowest BCUT2D eigenvalue weighted by Crippen LogP contribution is -1.96. The van der Waals surface area contributed by atoms with Crippen molar-refractivity contribution in [1.29, 1.82) is 0 Å². The largest absolute Gasteiger partial charge is 0.456 e. The Bertz CT molecular complexity index is 2860. The van der Waals surface area contributed by atoms with E-state index in [9.17, 15) is 0 Å². The number of hydrogen-bond acceptors (Lipinski definition) is 5. The summed E-state index contributed by atoms with van der Waals surface area (Å²) >= 11 is 1.70. The molecule has 52 heavy (non-hydrogen) atoms. The number of hydrogen-bond donors (Lipinski definition) is 0. The third kappa shape index (κ3) is 5.45. The Hall–Kier alpha value is -6.69. The number of furan rings is 1. The lowest BCUT2D eigenvalue weighted by atomic mass is 9.99. The molecule has 0 atom stereocenters. The van der Waals surface area contributed by atoms with Crippen LogP contribution in [0, 0.1) is 0 Å². The topological polar surface area (TPSA) is 51.8 Å². The average Bonchev–Trinajstić information content (AvgIpc) is 3.83. The molecule has 7 aromatic carbocycles. The zero-order valence-electron chi connectivity index (χ0n) is 27.9. The van der Waals surface area contributed by atoms with Gasteiger partial charge in [-0.1, -0.05) is 127 Å². The quantitative estimate of drug-likeness (QED) is 0.175.